The van der Waals surface area contributed by atoms with Crippen LogP contribution in [0.25, 0.3) is 27.0 Å². The molecule has 0 saturated heterocycles. The van der Waals surface area contributed by atoms with Crippen molar-refractivity contribution in [2.45, 2.75) is 25.3 Å². The number of aromatic nitrogens is 3. The first-order valence-corrected chi connectivity index (χ1v) is 9.14. The van der Waals surface area contributed by atoms with Crippen molar-refractivity contribution in [3.05, 3.63) is 54.5 Å². The molecule has 3 heterocycles. The summed E-state index contributed by atoms with van der Waals surface area (Å²) < 4.78 is 0. The Hall–Kier alpha value is -2.73. The van der Waals surface area contributed by atoms with Gasteiger partial charge < -0.3 is 10.3 Å². The molecule has 0 bridgehead atoms. The molecule has 0 radical (unpaired) electrons. The fraction of sp³-hybridized carbons (Fsp3) is 0.211. The van der Waals surface area contributed by atoms with Crippen LogP contribution in [-0.2, 0) is 4.79 Å². The molecule has 1 atom stereocenters. The molecule has 126 valence electrons. The number of hydrogen-bond acceptors (Lipinski definition) is 4. The minimum Gasteiger partial charge on any atom is -0.346 e. The van der Waals surface area contributed by atoms with Crippen LogP contribution < -0.4 is 5.32 Å². The summed E-state index contributed by atoms with van der Waals surface area (Å²) in [5, 5.41) is 6.09. The number of carbonyl (C=O) groups excluding carboxylic acids is 1. The first-order valence-electron chi connectivity index (χ1n) is 8.26. The van der Waals surface area contributed by atoms with Gasteiger partial charge in [-0.1, -0.05) is 18.7 Å². The normalized spacial score (nSPS) is 17.3. The summed E-state index contributed by atoms with van der Waals surface area (Å²) in [5.41, 5.74) is 4.07. The fourth-order valence-corrected chi connectivity index (χ4v) is 4.06. The molecule has 3 aromatic rings. The zero-order chi connectivity index (χ0) is 17.2. The van der Waals surface area contributed by atoms with Gasteiger partial charge in [-0.25, -0.2) is 9.97 Å². The molecule has 4 rings (SSSR count). The number of H-pyrrole nitrogens is 1. The number of aromatic amines is 1. The molecule has 0 saturated carbocycles. The zero-order valence-corrected chi connectivity index (χ0v) is 14.5. The average Bonchev–Trinajstić information content (AvgIpc) is 3.30. The predicted octanol–water partition coefficient (Wildman–Crippen LogP) is 3.92. The summed E-state index contributed by atoms with van der Waals surface area (Å²) in [7, 11) is 0. The van der Waals surface area contributed by atoms with Gasteiger partial charge in [0.2, 0.25) is 5.91 Å². The second kappa shape index (κ2) is 6.64. The van der Waals surface area contributed by atoms with Crippen molar-refractivity contribution >= 4 is 33.9 Å². The number of thiophene rings is 1. The van der Waals surface area contributed by atoms with Gasteiger partial charge in [-0.15, -0.1) is 11.3 Å². The highest BCUT2D eigenvalue weighted by atomic mass is 32.1. The van der Waals surface area contributed by atoms with Gasteiger partial charge in [0.25, 0.3) is 0 Å². The number of nitrogens with one attached hydrogen (secondary N) is 2. The highest BCUT2D eigenvalue weighted by molar-refractivity contribution is 7.13. The van der Waals surface area contributed by atoms with Crippen LogP contribution in [0.5, 0.6) is 0 Å². The highest BCUT2D eigenvalue weighted by Gasteiger charge is 2.21. The molecule has 25 heavy (non-hydrogen) atoms. The summed E-state index contributed by atoms with van der Waals surface area (Å²) in [6, 6.07) is 4.17. The van der Waals surface area contributed by atoms with E-state index < -0.39 is 0 Å². The molecular weight excluding hydrogens is 332 g/mol. The van der Waals surface area contributed by atoms with Gasteiger partial charge in [-0.2, -0.15) is 0 Å². The molecule has 2 N–H and O–H groups in total. The van der Waals surface area contributed by atoms with Crippen molar-refractivity contribution < 1.29 is 4.79 Å². The van der Waals surface area contributed by atoms with Gasteiger partial charge in [-0.05, 0) is 42.4 Å². The standard InChI is InChI=1S/C19H18N4OS/c1-2-16(24)23-13-6-3-5-12(9-13)18-17-14(15-7-4-8-25-15)10-20-19(17)22-11-21-18/h2,4,7-11,13H,1,3,5-6H2,(H,23,24)(H,20,21,22). The van der Waals surface area contributed by atoms with Crippen LogP contribution >= 0.6 is 11.3 Å². The Morgan fingerprint density at radius 3 is 3.16 bits per heavy atom. The molecule has 5 nitrogen and oxygen atoms in total. The van der Waals surface area contributed by atoms with Crippen molar-refractivity contribution in [3.63, 3.8) is 0 Å². The summed E-state index contributed by atoms with van der Waals surface area (Å²) >= 11 is 1.70. The summed E-state index contributed by atoms with van der Waals surface area (Å²) in [4.78, 5) is 25.0. The third-order valence-corrected chi connectivity index (χ3v) is 5.34. The van der Waals surface area contributed by atoms with Crippen LogP contribution in [0.3, 0.4) is 0 Å². The number of hydrogen-bond donors (Lipinski definition) is 2. The fourth-order valence-electron chi connectivity index (χ4n) is 3.31. The topological polar surface area (TPSA) is 70.7 Å². The Morgan fingerprint density at radius 1 is 1.44 bits per heavy atom. The van der Waals surface area contributed by atoms with Gasteiger partial charge >= 0.3 is 0 Å². The van der Waals surface area contributed by atoms with Crippen LogP contribution in [0.2, 0.25) is 0 Å². The van der Waals surface area contributed by atoms with E-state index in [9.17, 15) is 4.79 Å². The molecule has 0 aromatic carbocycles. The third kappa shape index (κ3) is 3.00. The molecule has 6 heteroatoms. The zero-order valence-electron chi connectivity index (χ0n) is 13.7. The van der Waals surface area contributed by atoms with E-state index in [1.807, 2.05) is 12.3 Å². The molecule has 1 aliphatic carbocycles. The first kappa shape index (κ1) is 15.8. The minimum absolute atomic E-state index is 0.0170. The van der Waals surface area contributed by atoms with E-state index in [1.54, 1.807) is 17.7 Å². The number of carbonyl (C=O) groups is 1. The van der Waals surface area contributed by atoms with Gasteiger partial charge in [-0.3, -0.25) is 4.79 Å². The number of rotatable bonds is 4. The van der Waals surface area contributed by atoms with Gasteiger partial charge in [0.05, 0.1) is 11.1 Å². The summed E-state index contributed by atoms with van der Waals surface area (Å²) in [6.07, 6.45) is 9.92. The number of fused-ring (bicyclic) bond motifs is 1. The largest absolute Gasteiger partial charge is 0.346 e. The van der Waals surface area contributed by atoms with E-state index in [-0.39, 0.29) is 11.9 Å². The molecule has 3 aromatic heterocycles. The molecule has 1 amide bonds. The smallest absolute Gasteiger partial charge is 0.243 e. The van der Waals surface area contributed by atoms with Crippen molar-refractivity contribution in [1.82, 2.24) is 20.3 Å². The van der Waals surface area contributed by atoms with E-state index in [2.05, 4.69) is 44.4 Å². The van der Waals surface area contributed by atoms with Gasteiger partial charge in [0.15, 0.2) is 0 Å². The van der Waals surface area contributed by atoms with Crippen molar-refractivity contribution in [3.8, 4) is 10.4 Å². The summed E-state index contributed by atoms with van der Waals surface area (Å²) in [6.45, 7) is 3.52. The monoisotopic (exact) mass is 350 g/mol. The Morgan fingerprint density at radius 2 is 2.36 bits per heavy atom. The number of amides is 1. The van der Waals surface area contributed by atoms with E-state index >= 15 is 0 Å². The van der Waals surface area contributed by atoms with Crippen molar-refractivity contribution in [2.24, 2.45) is 0 Å². The molecule has 0 aliphatic heterocycles. The first-order chi connectivity index (χ1) is 12.3. The maximum atomic E-state index is 11.6. The van der Waals surface area contributed by atoms with E-state index in [0.717, 1.165) is 47.1 Å². The molecule has 0 spiro atoms. The molecule has 0 fully saturated rings. The van der Waals surface area contributed by atoms with Crippen molar-refractivity contribution in [2.75, 3.05) is 0 Å². The number of allylic oxidation sites excluding steroid dienone is 1. The van der Waals surface area contributed by atoms with Crippen LogP contribution in [0.4, 0.5) is 0 Å². The summed E-state index contributed by atoms with van der Waals surface area (Å²) in [5.74, 6) is -0.142. The minimum atomic E-state index is -0.142. The second-order valence-corrected chi connectivity index (χ2v) is 6.98. The second-order valence-electron chi connectivity index (χ2n) is 6.03. The Kier molecular flexibility index (Phi) is 4.19. The van der Waals surface area contributed by atoms with Crippen LogP contribution in [0.1, 0.15) is 25.0 Å². The lowest BCUT2D eigenvalue weighted by Gasteiger charge is -2.22. The Balaban J connectivity index is 1.79. The maximum absolute atomic E-state index is 11.6. The van der Waals surface area contributed by atoms with Crippen molar-refractivity contribution in [1.29, 1.82) is 0 Å². The van der Waals surface area contributed by atoms with E-state index in [4.69, 9.17) is 0 Å². The van der Waals surface area contributed by atoms with Gasteiger partial charge in [0.1, 0.15) is 12.0 Å². The SMILES string of the molecule is C=CC(=O)NC1C=C(c2ncnc3[nH]cc(-c4cccs4)c23)CCC1. The lowest BCUT2D eigenvalue weighted by Crippen LogP contribution is -2.33. The highest BCUT2D eigenvalue weighted by Crippen LogP contribution is 2.37. The van der Waals surface area contributed by atoms with E-state index in [1.165, 1.54) is 11.0 Å². The third-order valence-electron chi connectivity index (χ3n) is 4.44. The maximum Gasteiger partial charge on any atom is 0.243 e. The Bertz CT molecular complexity index is 955. The lowest BCUT2D eigenvalue weighted by atomic mass is 9.92. The molecule has 1 aliphatic rings. The quantitative estimate of drug-likeness (QED) is 0.701. The van der Waals surface area contributed by atoms with Crippen LogP contribution in [-0.4, -0.2) is 26.9 Å². The average molecular weight is 350 g/mol. The van der Waals surface area contributed by atoms with Crippen LogP contribution in [0.15, 0.2) is 48.8 Å². The predicted molar refractivity (Wildman–Crippen MR) is 101 cm³/mol. The van der Waals surface area contributed by atoms with Gasteiger partial charge in [0, 0.05) is 22.7 Å². The van der Waals surface area contributed by atoms with E-state index in [0.29, 0.717) is 0 Å². The van der Waals surface area contributed by atoms with Crippen LogP contribution in [0, 0.1) is 0 Å². The molecule has 1 unspecified atom stereocenters. The number of nitrogens with zero attached hydrogens (tertiary/aromatic N) is 2. The molecular formula is C19H18N4OS. The Labute approximate surface area is 149 Å². The lowest BCUT2D eigenvalue weighted by molar-refractivity contribution is -0.116.